The molecule has 1 aliphatic rings. The number of morpholine rings is 1. The van der Waals surface area contributed by atoms with Crippen molar-refractivity contribution in [2.75, 3.05) is 13.1 Å². The van der Waals surface area contributed by atoms with Crippen LogP contribution in [0.25, 0.3) is 0 Å². The third kappa shape index (κ3) is 2.47. The van der Waals surface area contributed by atoms with Crippen molar-refractivity contribution in [3.8, 4) is 0 Å². The normalized spacial score (nSPS) is 25.8. The smallest absolute Gasteiger partial charge is 0.257 e. The number of hydrogen-bond donors (Lipinski definition) is 0. The molecule has 0 aromatic carbocycles. The molecular weight excluding hydrogens is 274 g/mol. The van der Waals surface area contributed by atoms with Gasteiger partial charge in [-0.2, -0.15) is 0 Å². The summed E-state index contributed by atoms with van der Waals surface area (Å²) < 4.78 is 11.2. The first kappa shape index (κ1) is 11.7. The molecular formula is C11H14BrNO3. The second-order valence-electron chi connectivity index (χ2n) is 4.11. The molecule has 0 radical (unpaired) electrons. The Kier molecular flexibility index (Phi) is 3.35. The second kappa shape index (κ2) is 4.59. The van der Waals surface area contributed by atoms with Crippen LogP contribution in [0.4, 0.5) is 0 Å². The van der Waals surface area contributed by atoms with Gasteiger partial charge >= 0.3 is 0 Å². The summed E-state index contributed by atoms with van der Waals surface area (Å²) in [5, 5.41) is 0. The lowest BCUT2D eigenvalue weighted by Crippen LogP contribution is -2.48. The molecule has 1 amide bonds. The zero-order valence-corrected chi connectivity index (χ0v) is 10.9. The molecule has 0 spiro atoms. The Morgan fingerprint density at radius 1 is 1.44 bits per heavy atom. The SMILES string of the molecule is CC1CN(C(=O)c2coc(Br)c2)CC(C)O1. The highest BCUT2D eigenvalue weighted by Gasteiger charge is 2.27. The molecule has 2 rings (SSSR count). The molecule has 1 saturated heterocycles. The molecule has 1 aromatic rings. The summed E-state index contributed by atoms with van der Waals surface area (Å²) in [6, 6.07) is 1.69. The van der Waals surface area contributed by atoms with Crippen molar-refractivity contribution in [3.05, 3.63) is 22.6 Å². The molecule has 16 heavy (non-hydrogen) atoms. The van der Waals surface area contributed by atoms with E-state index in [4.69, 9.17) is 9.15 Å². The molecule has 1 fully saturated rings. The largest absolute Gasteiger partial charge is 0.457 e. The lowest BCUT2D eigenvalue weighted by molar-refractivity contribution is -0.0586. The fraction of sp³-hybridized carbons (Fsp3) is 0.545. The number of carbonyl (C=O) groups excluding carboxylic acids is 1. The van der Waals surface area contributed by atoms with E-state index in [-0.39, 0.29) is 18.1 Å². The van der Waals surface area contributed by atoms with Crippen LogP contribution in [0.5, 0.6) is 0 Å². The van der Waals surface area contributed by atoms with Gasteiger partial charge in [0.25, 0.3) is 5.91 Å². The van der Waals surface area contributed by atoms with Crippen LogP contribution in [0.2, 0.25) is 0 Å². The molecule has 0 N–H and O–H groups in total. The molecule has 0 saturated carbocycles. The number of carbonyl (C=O) groups is 1. The van der Waals surface area contributed by atoms with E-state index < -0.39 is 0 Å². The van der Waals surface area contributed by atoms with Gasteiger partial charge in [-0.15, -0.1) is 0 Å². The number of furan rings is 1. The quantitative estimate of drug-likeness (QED) is 0.796. The Morgan fingerprint density at radius 2 is 2.06 bits per heavy atom. The molecule has 1 aromatic heterocycles. The van der Waals surface area contributed by atoms with Crippen LogP contribution in [0.3, 0.4) is 0 Å². The van der Waals surface area contributed by atoms with Crippen molar-refractivity contribution in [1.29, 1.82) is 0 Å². The molecule has 2 atom stereocenters. The number of amides is 1. The molecule has 4 nitrogen and oxygen atoms in total. The Bertz CT molecular complexity index is 380. The molecule has 5 heteroatoms. The van der Waals surface area contributed by atoms with E-state index in [9.17, 15) is 4.79 Å². The van der Waals surface area contributed by atoms with Crippen LogP contribution in [0.15, 0.2) is 21.4 Å². The summed E-state index contributed by atoms with van der Waals surface area (Å²) in [7, 11) is 0. The highest BCUT2D eigenvalue weighted by molar-refractivity contribution is 9.10. The van der Waals surface area contributed by atoms with Crippen LogP contribution in [0, 0.1) is 0 Å². The van der Waals surface area contributed by atoms with Gasteiger partial charge in [-0.05, 0) is 29.8 Å². The van der Waals surface area contributed by atoms with E-state index in [2.05, 4.69) is 15.9 Å². The monoisotopic (exact) mass is 287 g/mol. The van der Waals surface area contributed by atoms with Crippen molar-refractivity contribution in [3.63, 3.8) is 0 Å². The number of ether oxygens (including phenoxy) is 1. The van der Waals surface area contributed by atoms with E-state index in [1.54, 1.807) is 11.0 Å². The summed E-state index contributed by atoms with van der Waals surface area (Å²) >= 11 is 3.19. The van der Waals surface area contributed by atoms with Crippen LogP contribution in [-0.4, -0.2) is 36.1 Å². The van der Waals surface area contributed by atoms with E-state index in [0.29, 0.717) is 23.3 Å². The first-order chi connectivity index (χ1) is 7.56. The van der Waals surface area contributed by atoms with Crippen LogP contribution in [-0.2, 0) is 4.74 Å². The highest BCUT2D eigenvalue weighted by atomic mass is 79.9. The van der Waals surface area contributed by atoms with Gasteiger partial charge in [-0.3, -0.25) is 4.79 Å². The van der Waals surface area contributed by atoms with Crippen molar-refractivity contribution in [2.24, 2.45) is 0 Å². The van der Waals surface area contributed by atoms with E-state index in [0.717, 1.165) is 0 Å². The highest BCUT2D eigenvalue weighted by Crippen LogP contribution is 2.18. The maximum atomic E-state index is 12.1. The van der Waals surface area contributed by atoms with Crippen molar-refractivity contribution in [1.82, 2.24) is 4.90 Å². The first-order valence-corrected chi connectivity index (χ1v) is 6.04. The maximum Gasteiger partial charge on any atom is 0.257 e. The Balaban J connectivity index is 2.09. The third-order valence-corrected chi connectivity index (χ3v) is 2.94. The zero-order valence-electron chi connectivity index (χ0n) is 9.27. The fourth-order valence-electron chi connectivity index (χ4n) is 1.95. The second-order valence-corrected chi connectivity index (χ2v) is 4.89. The van der Waals surface area contributed by atoms with Crippen LogP contribution >= 0.6 is 15.9 Å². The molecule has 1 aliphatic heterocycles. The van der Waals surface area contributed by atoms with Gasteiger partial charge in [0, 0.05) is 19.2 Å². The topological polar surface area (TPSA) is 42.7 Å². The number of halogens is 1. The van der Waals surface area contributed by atoms with Gasteiger partial charge in [0.1, 0.15) is 6.26 Å². The summed E-state index contributed by atoms with van der Waals surface area (Å²) in [5.74, 6) is -0.00329. The van der Waals surface area contributed by atoms with Crippen LogP contribution < -0.4 is 0 Å². The van der Waals surface area contributed by atoms with Crippen molar-refractivity contribution >= 4 is 21.8 Å². The lowest BCUT2D eigenvalue weighted by Gasteiger charge is -2.35. The number of nitrogens with zero attached hydrogens (tertiary/aromatic N) is 1. The third-order valence-electron chi connectivity index (χ3n) is 2.52. The summed E-state index contributed by atoms with van der Waals surface area (Å²) in [6.07, 6.45) is 1.64. The first-order valence-electron chi connectivity index (χ1n) is 5.25. The van der Waals surface area contributed by atoms with Crippen LogP contribution in [0.1, 0.15) is 24.2 Å². The molecule has 2 heterocycles. The predicted octanol–water partition coefficient (Wildman–Crippen LogP) is 2.29. The summed E-state index contributed by atoms with van der Waals surface area (Å²) in [5.41, 5.74) is 0.577. The average molecular weight is 288 g/mol. The van der Waals surface area contributed by atoms with Gasteiger partial charge in [0.2, 0.25) is 0 Å². The average Bonchev–Trinajstić information content (AvgIpc) is 2.62. The maximum absolute atomic E-state index is 12.1. The molecule has 0 aliphatic carbocycles. The van der Waals surface area contributed by atoms with Crippen molar-refractivity contribution in [2.45, 2.75) is 26.1 Å². The minimum absolute atomic E-state index is 0.00329. The van der Waals surface area contributed by atoms with Gasteiger partial charge in [-0.25, -0.2) is 0 Å². The standard InChI is InChI=1S/C11H14BrNO3/c1-7-4-13(5-8(2)16-7)11(14)9-3-10(12)15-6-9/h3,6-8H,4-5H2,1-2H3. The van der Waals surface area contributed by atoms with Gasteiger partial charge < -0.3 is 14.1 Å². The van der Waals surface area contributed by atoms with Gasteiger partial charge in [0.15, 0.2) is 4.67 Å². The minimum Gasteiger partial charge on any atom is -0.457 e. The fourth-order valence-corrected chi connectivity index (χ4v) is 2.29. The molecule has 88 valence electrons. The Labute approximate surface area is 103 Å². The minimum atomic E-state index is -0.00329. The summed E-state index contributed by atoms with van der Waals surface area (Å²) in [6.45, 7) is 5.21. The Morgan fingerprint density at radius 3 is 2.56 bits per heavy atom. The zero-order chi connectivity index (χ0) is 11.7. The van der Waals surface area contributed by atoms with Crippen molar-refractivity contribution < 1.29 is 13.9 Å². The van der Waals surface area contributed by atoms with Gasteiger partial charge in [0.05, 0.1) is 17.8 Å². The summed E-state index contributed by atoms with van der Waals surface area (Å²) in [4.78, 5) is 13.9. The number of hydrogen-bond acceptors (Lipinski definition) is 3. The lowest BCUT2D eigenvalue weighted by atomic mass is 10.2. The van der Waals surface area contributed by atoms with E-state index >= 15 is 0 Å². The van der Waals surface area contributed by atoms with Gasteiger partial charge in [-0.1, -0.05) is 0 Å². The molecule has 2 unspecified atom stereocenters. The molecule has 0 bridgehead atoms. The number of rotatable bonds is 1. The predicted molar refractivity (Wildman–Crippen MR) is 62.3 cm³/mol. The van der Waals surface area contributed by atoms with E-state index in [1.807, 2.05) is 13.8 Å². The Hall–Kier alpha value is -0.810. The van der Waals surface area contributed by atoms with E-state index in [1.165, 1.54) is 6.26 Å².